The first-order valence-electron chi connectivity index (χ1n) is 6.26. The van der Waals surface area contributed by atoms with Gasteiger partial charge < -0.3 is 14.8 Å². The van der Waals surface area contributed by atoms with Gasteiger partial charge in [-0.05, 0) is 26.0 Å². The average molecular weight is 301 g/mol. The summed E-state index contributed by atoms with van der Waals surface area (Å²) in [6, 6.07) is 4.76. The molecule has 1 atom stereocenters. The van der Waals surface area contributed by atoms with E-state index in [1.54, 1.807) is 19.1 Å². The fraction of sp³-hybridized carbons (Fsp3) is 0.357. The maximum absolute atomic E-state index is 13.3. The molecule has 0 saturated heterocycles. The van der Waals surface area contributed by atoms with Crippen molar-refractivity contribution in [3.8, 4) is 0 Å². The van der Waals surface area contributed by atoms with Crippen molar-refractivity contribution >= 4 is 16.9 Å². The molecule has 0 amide bonds. The molecule has 0 bridgehead atoms. The van der Waals surface area contributed by atoms with Gasteiger partial charge in [0.25, 0.3) is 5.60 Å². The van der Waals surface area contributed by atoms with Crippen LogP contribution in [0, 0.1) is 6.92 Å². The highest BCUT2D eigenvalue weighted by Gasteiger charge is 2.63. The summed E-state index contributed by atoms with van der Waals surface area (Å²) in [5.74, 6) is -1.74. The van der Waals surface area contributed by atoms with Crippen LogP contribution in [0.25, 0.3) is 10.9 Å². The Labute approximate surface area is 118 Å². The molecule has 4 nitrogen and oxygen atoms in total. The average Bonchev–Trinajstić information content (AvgIpc) is 2.79. The van der Waals surface area contributed by atoms with Crippen LogP contribution in [0.5, 0.6) is 0 Å². The predicted molar refractivity (Wildman–Crippen MR) is 69.6 cm³/mol. The number of fused-ring (bicyclic) bond motifs is 1. The number of ether oxygens (including phenoxy) is 1. The Balaban J connectivity index is 2.70. The number of carbonyl (C=O) groups excluding carboxylic acids is 1. The molecule has 114 valence electrons. The van der Waals surface area contributed by atoms with Crippen molar-refractivity contribution in [2.24, 2.45) is 0 Å². The lowest BCUT2D eigenvalue weighted by Crippen LogP contribution is -2.50. The first-order chi connectivity index (χ1) is 9.71. The lowest BCUT2D eigenvalue weighted by atomic mass is 9.92. The van der Waals surface area contributed by atoms with Crippen LogP contribution in [0.15, 0.2) is 24.4 Å². The number of aryl methyl sites for hydroxylation is 1. The highest BCUT2D eigenvalue weighted by molar-refractivity contribution is 5.92. The summed E-state index contributed by atoms with van der Waals surface area (Å²) in [5.41, 5.74) is -3.17. The summed E-state index contributed by atoms with van der Waals surface area (Å²) in [7, 11) is 0. The molecule has 0 fully saturated rings. The minimum absolute atomic E-state index is 0.128. The lowest BCUT2D eigenvalue weighted by Gasteiger charge is -2.27. The zero-order valence-electron chi connectivity index (χ0n) is 11.4. The second kappa shape index (κ2) is 5.07. The molecule has 2 rings (SSSR count). The maximum Gasteiger partial charge on any atom is 0.432 e. The topological polar surface area (TPSA) is 62.3 Å². The summed E-state index contributed by atoms with van der Waals surface area (Å²) in [6.45, 7) is 2.81. The van der Waals surface area contributed by atoms with Crippen molar-refractivity contribution in [3.63, 3.8) is 0 Å². The number of alkyl halides is 3. The zero-order chi connectivity index (χ0) is 15.8. The van der Waals surface area contributed by atoms with E-state index >= 15 is 0 Å². The third-order valence-electron chi connectivity index (χ3n) is 3.21. The van der Waals surface area contributed by atoms with E-state index in [-0.39, 0.29) is 12.0 Å². The zero-order valence-corrected chi connectivity index (χ0v) is 11.4. The highest BCUT2D eigenvalue weighted by atomic mass is 19.4. The molecule has 0 unspecified atom stereocenters. The number of hydrogen-bond donors (Lipinski definition) is 2. The molecule has 2 N–H and O–H groups in total. The molecule has 21 heavy (non-hydrogen) atoms. The standard InChI is InChI=1S/C14H14F3NO3/c1-3-21-12(19)13(20,14(15,16)17)10-7-18-11-5-4-8(2)6-9(10)11/h4-7,18,20H,3H2,1-2H3/t13-/m1/s1. The Morgan fingerprint density at radius 1 is 1.38 bits per heavy atom. The Morgan fingerprint density at radius 2 is 2.05 bits per heavy atom. The van der Waals surface area contributed by atoms with E-state index in [9.17, 15) is 23.1 Å². The van der Waals surface area contributed by atoms with Gasteiger partial charge in [-0.25, -0.2) is 4.79 Å². The van der Waals surface area contributed by atoms with E-state index < -0.39 is 23.3 Å². The Hall–Kier alpha value is -2.02. The number of carbonyl (C=O) groups is 1. The summed E-state index contributed by atoms with van der Waals surface area (Å²) >= 11 is 0. The van der Waals surface area contributed by atoms with Crippen LogP contribution in [-0.4, -0.2) is 28.8 Å². The van der Waals surface area contributed by atoms with E-state index in [2.05, 4.69) is 9.72 Å². The summed E-state index contributed by atoms with van der Waals surface area (Å²) in [5, 5.41) is 10.2. The minimum Gasteiger partial charge on any atom is -0.463 e. The number of benzene rings is 1. The fourth-order valence-corrected chi connectivity index (χ4v) is 2.15. The SMILES string of the molecule is CCOC(=O)[C@](O)(c1c[nH]c2ccc(C)cc12)C(F)(F)F. The van der Waals surface area contributed by atoms with Crippen molar-refractivity contribution in [1.29, 1.82) is 0 Å². The van der Waals surface area contributed by atoms with Gasteiger partial charge >= 0.3 is 12.1 Å². The summed E-state index contributed by atoms with van der Waals surface area (Å²) < 4.78 is 44.3. The van der Waals surface area contributed by atoms with Gasteiger partial charge in [0.2, 0.25) is 0 Å². The number of esters is 1. The third kappa shape index (κ3) is 2.37. The molecule has 0 spiro atoms. The Morgan fingerprint density at radius 3 is 2.62 bits per heavy atom. The number of nitrogens with one attached hydrogen (secondary N) is 1. The maximum atomic E-state index is 13.3. The van der Waals surface area contributed by atoms with Crippen LogP contribution in [-0.2, 0) is 15.1 Å². The number of aromatic nitrogens is 1. The molecule has 7 heteroatoms. The number of halogens is 3. The van der Waals surface area contributed by atoms with E-state index in [1.165, 1.54) is 13.0 Å². The molecular formula is C14H14F3NO3. The summed E-state index contributed by atoms with van der Waals surface area (Å²) in [4.78, 5) is 14.4. The molecule has 1 aromatic heterocycles. The van der Waals surface area contributed by atoms with Crippen LogP contribution in [0.3, 0.4) is 0 Å². The molecule has 2 aromatic rings. The van der Waals surface area contributed by atoms with Gasteiger partial charge in [0.05, 0.1) is 6.61 Å². The van der Waals surface area contributed by atoms with Gasteiger partial charge in [0.1, 0.15) is 0 Å². The number of aliphatic hydroxyl groups is 1. The molecule has 1 aromatic carbocycles. The lowest BCUT2D eigenvalue weighted by molar-refractivity contribution is -0.267. The molecule has 0 aliphatic carbocycles. The van der Waals surface area contributed by atoms with Gasteiger partial charge in [0.15, 0.2) is 0 Å². The molecule has 0 aliphatic rings. The van der Waals surface area contributed by atoms with E-state index in [0.29, 0.717) is 11.1 Å². The van der Waals surface area contributed by atoms with Crippen LogP contribution < -0.4 is 0 Å². The van der Waals surface area contributed by atoms with Gasteiger partial charge in [-0.2, -0.15) is 13.2 Å². The normalized spacial score (nSPS) is 15.0. The van der Waals surface area contributed by atoms with Gasteiger partial charge in [-0.15, -0.1) is 0 Å². The van der Waals surface area contributed by atoms with E-state index in [0.717, 1.165) is 6.20 Å². The van der Waals surface area contributed by atoms with Crippen LogP contribution in [0.2, 0.25) is 0 Å². The molecule has 0 radical (unpaired) electrons. The first kappa shape index (κ1) is 15.4. The van der Waals surface area contributed by atoms with Crippen molar-refractivity contribution in [1.82, 2.24) is 4.98 Å². The van der Waals surface area contributed by atoms with E-state index in [4.69, 9.17) is 0 Å². The Kier molecular flexibility index (Phi) is 3.71. The number of hydrogen-bond acceptors (Lipinski definition) is 3. The minimum atomic E-state index is -5.20. The van der Waals surface area contributed by atoms with Gasteiger partial charge in [-0.3, -0.25) is 0 Å². The monoisotopic (exact) mass is 301 g/mol. The quantitative estimate of drug-likeness (QED) is 0.857. The molecule has 0 aliphatic heterocycles. The van der Waals surface area contributed by atoms with Crippen LogP contribution >= 0.6 is 0 Å². The second-order valence-corrected chi connectivity index (χ2v) is 4.68. The van der Waals surface area contributed by atoms with E-state index in [1.807, 2.05) is 0 Å². The van der Waals surface area contributed by atoms with Crippen molar-refractivity contribution in [2.45, 2.75) is 25.6 Å². The van der Waals surface area contributed by atoms with Crippen molar-refractivity contribution < 1.29 is 27.8 Å². The number of rotatable bonds is 3. The second-order valence-electron chi connectivity index (χ2n) is 4.68. The predicted octanol–water partition coefficient (Wildman–Crippen LogP) is 2.79. The highest BCUT2D eigenvalue weighted by Crippen LogP contribution is 2.42. The smallest absolute Gasteiger partial charge is 0.432 e. The van der Waals surface area contributed by atoms with Gasteiger partial charge in [-0.1, -0.05) is 11.6 Å². The fourth-order valence-electron chi connectivity index (χ4n) is 2.15. The summed E-state index contributed by atoms with van der Waals surface area (Å²) in [6.07, 6.45) is -4.22. The third-order valence-corrected chi connectivity index (χ3v) is 3.21. The largest absolute Gasteiger partial charge is 0.463 e. The molecular weight excluding hydrogens is 287 g/mol. The van der Waals surface area contributed by atoms with Crippen molar-refractivity contribution in [2.75, 3.05) is 6.61 Å². The van der Waals surface area contributed by atoms with Crippen molar-refractivity contribution in [3.05, 3.63) is 35.5 Å². The van der Waals surface area contributed by atoms with Crippen LogP contribution in [0.1, 0.15) is 18.1 Å². The van der Waals surface area contributed by atoms with Crippen LogP contribution in [0.4, 0.5) is 13.2 Å². The molecule has 1 heterocycles. The Bertz CT molecular complexity index is 678. The van der Waals surface area contributed by atoms with Gasteiger partial charge in [0, 0.05) is 22.7 Å². The molecule has 0 saturated carbocycles. The number of aromatic amines is 1. The first-order valence-corrected chi connectivity index (χ1v) is 6.26. The number of H-pyrrole nitrogens is 1.